The van der Waals surface area contributed by atoms with Crippen molar-refractivity contribution in [2.24, 2.45) is 0 Å². The molecule has 82 valence electrons. The van der Waals surface area contributed by atoms with Gasteiger partial charge >= 0.3 is 0 Å². The summed E-state index contributed by atoms with van der Waals surface area (Å²) >= 11 is 0. The van der Waals surface area contributed by atoms with Crippen molar-refractivity contribution in [1.82, 2.24) is 15.0 Å². The lowest BCUT2D eigenvalue weighted by Gasteiger charge is -1.94. The first-order valence-corrected chi connectivity index (χ1v) is 4.83. The first kappa shape index (κ1) is 10.3. The van der Waals surface area contributed by atoms with Gasteiger partial charge in [0.25, 0.3) is 0 Å². The fraction of sp³-hybridized carbons (Fsp3) is 0.200. The van der Waals surface area contributed by atoms with E-state index in [2.05, 4.69) is 10.3 Å². The summed E-state index contributed by atoms with van der Waals surface area (Å²) in [5.41, 5.74) is 1.68. The van der Waals surface area contributed by atoms with Gasteiger partial charge in [0.1, 0.15) is 12.2 Å². The van der Waals surface area contributed by atoms with Gasteiger partial charge < -0.3 is 0 Å². The molecule has 6 nitrogen and oxygen atoms in total. The summed E-state index contributed by atoms with van der Waals surface area (Å²) in [7, 11) is 0. The smallest absolute Gasteiger partial charge is 0.223 e. The summed E-state index contributed by atoms with van der Waals surface area (Å²) in [6.45, 7) is 0.102. The van der Waals surface area contributed by atoms with Crippen LogP contribution in [0.4, 0.5) is 0 Å². The third-order valence-electron chi connectivity index (χ3n) is 2.12. The highest BCUT2D eigenvalue weighted by molar-refractivity contribution is 5.56. The second-order valence-corrected chi connectivity index (χ2v) is 3.29. The van der Waals surface area contributed by atoms with Gasteiger partial charge in [0.05, 0.1) is 6.20 Å². The number of hydrogen-bond donors (Lipinski definition) is 0. The maximum absolute atomic E-state index is 10.2. The van der Waals surface area contributed by atoms with Gasteiger partial charge in [0.2, 0.25) is 6.54 Å². The monoisotopic (exact) mass is 218 g/mol. The van der Waals surface area contributed by atoms with Crippen LogP contribution in [0.15, 0.2) is 36.5 Å². The molecule has 0 aliphatic carbocycles. The van der Waals surface area contributed by atoms with Gasteiger partial charge in [0.15, 0.2) is 0 Å². The van der Waals surface area contributed by atoms with Crippen LogP contribution in [0.5, 0.6) is 0 Å². The van der Waals surface area contributed by atoms with Gasteiger partial charge in [0, 0.05) is 10.5 Å². The standard InChI is InChI=1S/C10H10N4O2/c15-14(16)7-6-13-8-10(11-12-13)9-4-2-1-3-5-9/h1-5,8H,6-7H2. The summed E-state index contributed by atoms with van der Waals surface area (Å²) in [4.78, 5) is 9.82. The molecule has 0 N–H and O–H groups in total. The van der Waals surface area contributed by atoms with Crippen molar-refractivity contribution in [3.63, 3.8) is 0 Å². The Morgan fingerprint density at radius 3 is 2.75 bits per heavy atom. The molecule has 0 saturated carbocycles. The Labute approximate surface area is 91.7 Å². The molecule has 16 heavy (non-hydrogen) atoms. The van der Waals surface area contributed by atoms with Crippen LogP contribution in [0.25, 0.3) is 11.3 Å². The SMILES string of the molecule is O=[N+]([O-])CCn1cc(-c2ccccc2)nn1. The van der Waals surface area contributed by atoms with Crippen LogP contribution >= 0.6 is 0 Å². The summed E-state index contributed by atoms with van der Waals surface area (Å²) in [5, 5.41) is 18.0. The maximum atomic E-state index is 10.2. The molecule has 0 saturated heterocycles. The third kappa shape index (κ3) is 2.41. The highest BCUT2D eigenvalue weighted by Gasteiger charge is 2.04. The second-order valence-electron chi connectivity index (χ2n) is 3.29. The Balaban J connectivity index is 2.11. The molecule has 0 aliphatic rings. The van der Waals surface area contributed by atoms with Gasteiger partial charge in [-0.1, -0.05) is 35.5 Å². The van der Waals surface area contributed by atoms with Crippen molar-refractivity contribution in [1.29, 1.82) is 0 Å². The van der Waals surface area contributed by atoms with Crippen LogP contribution < -0.4 is 0 Å². The Morgan fingerprint density at radius 1 is 1.31 bits per heavy atom. The van der Waals surface area contributed by atoms with Gasteiger partial charge in [-0.25, -0.2) is 4.68 Å². The lowest BCUT2D eigenvalue weighted by molar-refractivity contribution is -0.481. The van der Waals surface area contributed by atoms with E-state index in [-0.39, 0.29) is 18.0 Å². The van der Waals surface area contributed by atoms with E-state index in [4.69, 9.17) is 0 Å². The van der Waals surface area contributed by atoms with E-state index in [0.717, 1.165) is 11.3 Å². The first-order valence-electron chi connectivity index (χ1n) is 4.83. The van der Waals surface area contributed by atoms with E-state index in [1.807, 2.05) is 30.3 Å². The average molecular weight is 218 g/mol. The summed E-state index contributed by atoms with van der Waals surface area (Å²) in [6.07, 6.45) is 1.71. The molecule has 2 aromatic rings. The normalized spacial score (nSPS) is 10.2. The molecule has 1 heterocycles. The minimum Gasteiger partial charge on any atom is -0.264 e. The van der Waals surface area contributed by atoms with Crippen LogP contribution in [0.2, 0.25) is 0 Å². The highest BCUT2D eigenvalue weighted by Crippen LogP contribution is 2.14. The van der Waals surface area contributed by atoms with Crippen LogP contribution in [0, 0.1) is 10.1 Å². The Morgan fingerprint density at radius 2 is 2.06 bits per heavy atom. The van der Waals surface area contributed by atoms with Crippen LogP contribution in [0.1, 0.15) is 0 Å². The zero-order valence-corrected chi connectivity index (χ0v) is 8.48. The van der Waals surface area contributed by atoms with Crippen LogP contribution in [-0.2, 0) is 6.54 Å². The summed E-state index contributed by atoms with van der Waals surface area (Å²) in [6, 6.07) is 9.57. The number of benzene rings is 1. The van der Waals surface area contributed by atoms with Crippen molar-refractivity contribution in [2.45, 2.75) is 6.54 Å². The Hall–Kier alpha value is -2.24. The first-order chi connectivity index (χ1) is 7.75. The molecule has 0 unspecified atom stereocenters. The minimum atomic E-state index is -0.371. The summed E-state index contributed by atoms with van der Waals surface area (Å²) < 4.78 is 1.48. The average Bonchev–Trinajstić information content (AvgIpc) is 2.76. The zero-order valence-electron chi connectivity index (χ0n) is 8.48. The van der Waals surface area contributed by atoms with Crippen LogP contribution in [0.3, 0.4) is 0 Å². The minimum absolute atomic E-state index is 0.141. The van der Waals surface area contributed by atoms with E-state index in [0.29, 0.717) is 0 Å². The Kier molecular flexibility index (Phi) is 2.90. The summed E-state index contributed by atoms with van der Waals surface area (Å²) in [5.74, 6) is 0. The van der Waals surface area contributed by atoms with Crippen molar-refractivity contribution >= 4 is 0 Å². The second kappa shape index (κ2) is 4.52. The maximum Gasteiger partial charge on any atom is 0.223 e. The molecular formula is C10H10N4O2. The topological polar surface area (TPSA) is 73.8 Å². The molecule has 0 fully saturated rings. The predicted octanol–water partition coefficient (Wildman–Crippen LogP) is 1.22. The molecule has 0 bridgehead atoms. The number of nitrogens with zero attached hydrogens (tertiary/aromatic N) is 4. The van der Waals surface area contributed by atoms with Gasteiger partial charge in [-0.3, -0.25) is 10.1 Å². The molecule has 0 atom stereocenters. The van der Waals surface area contributed by atoms with Crippen molar-refractivity contribution in [3.8, 4) is 11.3 Å². The van der Waals surface area contributed by atoms with E-state index in [9.17, 15) is 10.1 Å². The number of hydrogen-bond acceptors (Lipinski definition) is 4. The fourth-order valence-corrected chi connectivity index (χ4v) is 1.33. The third-order valence-corrected chi connectivity index (χ3v) is 2.12. The molecule has 0 aliphatic heterocycles. The zero-order chi connectivity index (χ0) is 11.4. The van der Waals surface area contributed by atoms with E-state index in [1.54, 1.807) is 6.20 Å². The fourth-order valence-electron chi connectivity index (χ4n) is 1.33. The quantitative estimate of drug-likeness (QED) is 0.571. The molecular weight excluding hydrogens is 208 g/mol. The highest BCUT2D eigenvalue weighted by atomic mass is 16.6. The van der Waals surface area contributed by atoms with Gasteiger partial charge in [-0.05, 0) is 0 Å². The van der Waals surface area contributed by atoms with Crippen molar-refractivity contribution in [2.75, 3.05) is 6.54 Å². The molecule has 6 heteroatoms. The number of aromatic nitrogens is 3. The van der Waals surface area contributed by atoms with Crippen LogP contribution in [-0.4, -0.2) is 26.5 Å². The van der Waals surface area contributed by atoms with Gasteiger partial charge in [-0.15, -0.1) is 5.10 Å². The molecule has 0 amide bonds. The molecule has 0 spiro atoms. The lowest BCUT2D eigenvalue weighted by Crippen LogP contribution is -2.10. The van der Waals surface area contributed by atoms with Crippen molar-refractivity contribution in [3.05, 3.63) is 46.6 Å². The predicted molar refractivity (Wildman–Crippen MR) is 57.3 cm³/mol. The van der Waals surface area contributed by atoms with E-state index in [1.165, 1.54) is 4.68 Å². The van der Waals surface area contributed by atoms with Crippen molar-refractivity contribution < 1.29 is 4.92 Å². The molecule has 1 aromatic carbocycles. The molecule has 2 rings (SSSR count). The largest absolute Gasteiger partial charge is 0.264 e. The molecule has 1 aromatic heterocycles. The molecule has 0 radical (unpaired) electrons. The van der Waals surface area contributed by atoms with E-state index < -0.39 is 0 Å². The lowest BCUT2D eigenvalue weighted by atomic mass is 10.2. The number of rotatable bonds is 4. The Bertz CT molecular complexity index is 481. The number of nitro groups is 1. The van der Waals surface area contributed by atoms with Gasteiger partial charge in [-0.2, -0.15) is 0 Å². The van der Waals surface area contributed by atoms with E-state index >= 15 is 0 Å².